The van der Waals surface area contributed by atoms with Crippen molar-refractivity contribution in [3.63, 3.8) is 0 Å². The molecule has 1 saturated heterocycles. The summed E-state index contributed by atoms with van der Waals surface area (Å²) in [6, 6.07) is 0. The van der Waals surface area contributed by atoms with Gasteiger partial charge in [-0.1, -0.05) is 19.1 Å². The largest absolute Gasteiger partial charge is 0.306 e. The molecule has 1 aliphatic rings. The van der Waals surface area contributed by atoms with Gasteiger partial charge in [0, 0.05) is 0 Å². The second-order valence-electron chi connectivity index (χ2n) is 3.28. The molecule has 0 aromatic heterocycles. The fourth-order valence-electron chi connectivity index (χ4n) is 1.60. The van der Waals surface area contributed by atoms with Crippen LogP contribution in [0.3, 0.4) is 0 Å². The quantitative estimate of drug-likeness (QED) is 0.524. The maximum atomic E-state index is 2.47. The van der Waals surface area contributed by atoms with Crippen LogP contribution in [0.25, 0.3) is 0 Å². The molecule has 2 heteroatoms. The van der Waals surface area contributed by atoms with Gasteiger partial charge in [0.2, 0.25) is 0 Å². The standard InChI is InChI=1S/C8H17BN/c1-3-9-8-4-6-10(2)7-5-8/h8H,3-7H2,1-2H3. The summed E-state index contributed by atoms with van der Waals surface area (Å²) in [7, 11) is 4.68. The molecular weight excluding hydrogens is 121 g/mol. The summed E-state index contributed by atoms with van der Waals surface area (Å²) in [5.41, 5.74) is 0. The van der Waals surface area contributed by atoms with E-state index in [-0.39, 0.29) is 0 Å². The van der Waals surface area contributed by atoms with Gasteiger partial charge in [-0.2, -0.15) is 0 Å². The molecule has 1 fully saturated rings. The molecule has 0 N–H and O–H groups in total. The summed E-state index contributed by atoms with van der Waals surface area (Å²) < 4.78 is 0. The highest BCUT2D eigenvalue weighted by Crippen LogP contribution is 2.21. The number of hydrogen-bond donors (Lipinski definition) is 0. The SMILES string of the molecule is CC[B]C1CCN(C)CC1. The molecule has 57 valence electrons. The minimum Gasteiger partial charge on any atom is -0.306 e. The predicted molar refractivity (Wildman–Crippen MR) is 46.7 cm³/mol. The Bertz CT molecular complexity index is 87.3. The Hall–Kier alpha value is 0.0249. The van der Waals surface area contributed by atoms with Crippen molar-refractivity contribution in [3.8, 4) is 0 Å². The normalized spacial score (nSPS) is 23.0. The molecule has 10 heavy (non-hydrogen) atoms. The summed E-state index contributed by atoms with van der Waals surface area (Å²) in [4.78, 5) is 2.42. The lowest BCUT2D eigenvalue weighted by Crippen LogP contribution is -2.29. The summed E-state index contributed by atoms with van der Waals surface area (Å²) >= 11 is 0. The fourth-order valence-corrected chi connectivity index (χ4v) is 1.60. The number of piperidine rings is 1. The van der Waals surface area contributed by atoms with Crippen LogP contribution in [-0.2, 0) is 0 Å². The molecule has 0 amide bonds. The summed E-state index contributed by atoms with van der Waals surface area (Å²) in [6.45, 7) is 4.82. The van der Waals surface area contributed by atoms with E-state index in [4.69, 9.17) is 0 Å². The van der Waals surface area contributed by atoms with Crippen LogP contribution in [-0.4, -0.2) is 32.3 Å². The average molecular weight is 138 g/mol. The zero-order valence-electron chi connectivity index (χ0n) is 7.14. The molecule has 1 nitrogen and oxygen atoms in total. The Morgan fingerprint density at radius 3 is 2.50 bits per heavy atom. The van der Waals surface area contributed by atoms with E-state index in [1.807, 2.05) is 0 Å². The van der Waals surface area contributed by atoms with Crippen molar-refractivity contribution in [1.29, 1.82) is 0 Å². The Morgan fingerprint density at radius 1 is 1.40 bits per heavy atom. The molecule has 0 atom stereocenters. The van der Waals surface area contributed by atoms with E-state index >= 15 is 0 Å². The number of hydrogen-bond acceptors (Lipinski definition) is 1. The van der Waals surface area contributed by atoms with E-state index in [0.29, 0.717) is 0 Å². The monoisotopic (exact) mass is 138 g/mol. The van der Waals surface area contributed by atoms with Gasteiger partial charge in [0.1, 0.15) is 7.28 Å². The molecule has 0 unspecified atom stereocenters. The second-order valence-corrected chi connectivity index (χ2v) is 3.28. The third-order valence-corrected chi connectivity index (χ3v) is 2.33. The van der Waals surface area contributed by atoms with Gasteiger partial charge in [0.25, 0.3) is 0 Å². The van der Waals surface area contributed by atoms with Gasteiger partial charge in [0.05, 0.1) is 0 Å². The molecule has 0 saturated carbocycles. The number of rotatable bonds is 2. The van der Waals surface area contributed by atoms with Crippen LogP contribution < -0.4 is 0 Å². The maximum absolute atomic E-state index is 2.47. The first-order valence-corrected chi connectivity index (χ1v) is 4.34. The van der Waals surface area contributed by atoms with Crippen molar-refractivity contribution in [1.82, 2.24) is 4.90 Å². The average Bonchev–Trinajstić information content (AvgIpc) is 1.95. The van der Waals surface area contributed by atoms with E-state index in [9.17, 15) is 0 Å². The zero-order valence-corrected chi connectivity index (χ0v) is 7.14. The molecule has 1 heterocycles. The Morgan fingerprint density at radius 2 is 2.00 bits per heavy atom. The van der Waals surface area contributed by atoms with Crippen molar-refractivity contribution in [3.05, 3.63) is 0 Å². The smallest absolute Gasteiger partial charge is 0.113 e. The summed E-state index contributed by atoms with van der Waals surface area (Å²) in [6.07, 6.45) is 4.00. The lowest BCUT2D eigenvalue weighted by molar-refractivity contribution is 0.276. The van der Waals surface area contributed by atoms with Gasteiger partial charge in [-0.25, -0.2) is 0 Å². The van der Waals surface area contributed by atoms with E-state index in [0.717, 1.165) is 5.82 Å². The van der Waals surface area contributed by atoms with Crippen LogP contribution >= 0.6 is 0 Å². The minimum atomic E-state index is 0.918. The van der Waals surface area contributed by atoms with Gasteiger partial charge in [-0.05, 0) is 33.0 Å². The number of nitrogens with zero attached hydrogens (tertiary/aromatic N) is 1. The van der Waals surface area contributed by atoms with Crippen molar-refractivity contribution < 1.29 is 0 Å². The Labute approximate surface area is 65.0 Å². The molecule has 0 aromatic carbocycles. The van der Waals surface area contributed by atoms with Crippen molar-refractivity contribution in [2.75, 3.05) is 20.1 Å². The van der Waals surface area contributed by atoms with E-state index in [1.54, 1.807) is 0 Å². The first-order valence-electron chi connectivity index (χ1n) is 4.34. The van der Waals surface area contributed by atoms with Gasteiger partial charge >= 0.3 is 0 Å². The highest BCUT2D eigenvalue weighted by molar-refractivity contribution is 6.37. The van der Waals surface area contributed by atoms with Crippen LogP contribution in [0.2, 0.25) is 12.1 Å². The summed E-state index contributed by atoms with van der Waals surface area (Å²) in [5.74, 6) is 0.918. The Balaban J connectivity index is 2.13. The maximum Gasteiger partial charge on any atom is 0.113 e. The van der Waals surface area contributed by atoms with Crippen LogP contribution in [0.15, 0.2) is 0 Å². The molecule has 0 aliphatic carbocycles. The van der Waals surface area contributed by atoms with E-state index in [1.165, 1.54) is 32.3 Å². The lowest BCUT2D eigenvalue weighted by atomic mass is 9.59. The molecule has 0 bridgehead atoms. The minimum absolute atomic E-state index is 0.918. The molecular formula is C8H17BN. The second kappa shape index (κ2) is 4.02. The first kappa shape index (κ1) is 8.12. The van der Waals surface area contributed by atoms with Crippen LogP contribution in [0, 0.1) is 0 Å². The highest BCUT2D eigenvalue weighted by atomic mass is 15.1. The van der Waals surface area contributed by atoms with Crippen LogP contribution in [0.1, 0.15) is 19.8 Å². The third kappa shape index (κ3) is 2.33. The molecule has 1 aliphatic heterocycles. The molecule has 1 rings (SSSR count). The topological polar surface area (TPSA) is 3.24 Å². The number of likely N-dealkylation sites (tertiary alicyclic amines) is 1. The van der Waals surface area contributed by atoms with E-state index in [2.05, 4.69) is 26.2 Å². The van der Waals surface area contributed by atoms with Crippen molar-refractivity contribution >= 4 is 7.28 Å². The zero-order chi connectivity index (χ0) is 7.40. The van der Waals surface area contributed by atoms with Crippen molar-refractivity contribution in [2.45, 2.75) is 31.9 Å². The fraction of sp³-hybridized carbons (Fsp3) is 1.00. The van der Waals surface area contributed by atoms with Crippen molar-refractivity contribution in [2.24, 2.45) is 0 Å². The van der Waals surface area contributed by atoms with Gasteiger partial charge in [-0.15, -0.1) is 0 Å². The third-order valence-electron chi connectivity index (χ3n) is 2.33. The molecule has 1 radical (unpaired) electrons. The van der Waals surface area contributed by atoms with Crippen LogP contribution in [0.5, 0.6) is 0 Å². The highest BCUT2D eigenvalue weighted by Gasteiger charge is 2.15. The Kier molecular flexibility index (Phi) is 3.27. The molecule has 0 aromatic rings. The first-order chi connectivity index (χ1) is 4.83. The van der Waals surface area contributed by atoms with E-state index < -0.39 is 0 Å². The van der Waals surface area contributed by atoms with Gasteiger partial charge in [0.15, 0.2) is 0 Å². The van der Waals surface area contributed by atoms with Gasteiger partial charge < -0.3 is 4.90 Å². The summed E-state index contributed by atoms with van der Waals surface area (Å²) in [5, 5.41) is 0. The lowest BCUT2D eigenvalue weighted by Gasteiger charge is -2.28. The van der Waals surface area contributed by atoms with Gasteiger partial charge in [-0.3, -0.25) is 0 Å². The molecule has 0 spiro atoms. The predicted octanol–water partition coefficient (Wildman–Crippen LogP) is 1.64. The van der Waals surface area contributed by atoms with Crippen LogP contribution in [0.4, 0.5) is 0 Å².